The second-order valence-electron chi connectivity index (χ2n) is 15.3. The molecule has 2 heterocycles. The number of fused-ring (bicyclic) bond motifs is 11. The molecular weight excluding hydrogens is 733 g/mol. The van der Waals surface area contributed by atoms with Gasteiger partial charge in [0.1, 0.15) is 22.3 Å². The molecule has 0 aliphatic rings. The van der Waals surface area contributed by atoms with Gasteiger partial charge < -0.3 is 18.6 Å². The first-order valence-electron chi connectivity index (χ1n) is 20.3. The lowest BCUT2D eigenvalue weighted by Crippen LogP contribution is -2.13. The first-order chi connectivity index (χ1) is 29.7. The largest absolute Gasteiger partial charge is 0.456 e. The molecule has 12 rings (SSSR count). The normalized spacial score (nSPS) is 11.7. The predicted octanol–water partition coefficient (Wildman–Crippen LogP) is 16.4. The van der Waals surface area contributed by atoms with E-state index in [1.54, 1.807) is 0 Å². The average molecular weight is 769 g/mol. The zero-order valence-electron chi connectivity index (χ0n) is 32.5. The molecule has 0 atom stereocenters. The molecule has 0 bridgehead atoms. The van der Waals surface area contributed by atoms with Crippen LogP contribution in [-0.4, -0.2) is 0 Å². The van der Waals surface area contributed by atoms with Gasteiger partial charge in [0.15, 0.2) is 0 Å². The Balaban J connectivity index is 1.06. The number of nitrogens with zero attached hydrogens (tertiary/aromatic N) is 2. The number of hydrogen-bond acceptors (Lipinski definition) is 4. The molecule has 0 spiro atoms. The third-order valence-electron chi connectivity index (χ3n) is 11.8. The van der Waals surface area contributed by atoms with E-state index in [2.05, 4.69) is 210 Å². The van der Waals surface area contributed by atoms with E-state index in [1.807, 2.05) is 18.2 Å². The van der Waals surface area contributed by atoms with Crippen molar-refractivity contribution in [2.24, 2.45) is 0 Å². The monoisotopic (exact) mass is 768 g/mol. The van der Waals surface area contributed by atoms with Crippen LogP contribution in [0.4, 0.5) is 34.1 Å². The highest BCUT2D eigenvalue weighted by atomic mass is 16.3. The van der Waals surface area contributed by atoms with Crippen molar-refractivity contribution >= 4 is 99.5 Å². The number of para-hydroxylation sites is 4. The molecule has 10 aromatic carbocycles. The van der Waals surface area contributed by atoms with Crippen LogP contribution in [0.5, 0.6) is 0 Å². The predicted molar refractivity (Wildman–Crippen MR) is 251 cm³/mol. The third kappa shape index (κ3) is 5.53. The minimum atomic E-state index is 0.888. The molecule has 0 aliphatic carbocycles. The zero-order chi connectivity index (χ0) is 39.6. The van der Waals surface area contributed by atoms with Crippen molar-refractivity contribution in [2.45, 2.75) is 0 Å². The van der Waals surface area contributed by atoms with Crippen LogP contribution in [-0.2, 0) is 0 Å². The maximum atomic E-state index is 6.65. The van der Waals surface area contributed by atoms with E-state index in [1.165, 1.54) is 10.8 Å². The molecule has 282 valence electrons. The van der Waals surface area contributed by atoms with Gasteiger partial charge in [0.05, 0.1) is 0 Å². The van der Waals surface area contributed by atoms with Crippen molar-refractivity contribution in [3.05, 3.63) is 218 Å². The lowest BCUT2D eigenvalue weighted by Gasteiger charge is -2.29. The first kappa shape index (κ1) is 34.0. The van der Waals surface area contributed by atoms with Crippen LogP contribution in [0.1, 0.15) is 0 Å². The highest BCUT2D eigenvalue weighted by Crippen LogP contribution is 2.45. The van der Waals surface area contributed by atoms with Crippen LogP contribution in [0.25, 0.3) is 76.5 Å². The summed E-state index contributed by atoms with van der Waals surface area (Å²) >= 11 is 0. The quantitative estimate of drug-likeness (QED) is 0.151. The topological polar surface area (TPSA) is 32.8 Å². The minimum absolute atomic E-state index is 0.888. The minimum Gasteiger partial charge on any atom is -0.456 e. The molecule has 0 saturated heterocycles. The van der Waals surface area contributed by atoms with E-state index < -0.39 is 0 Å². The molecule has 4 nitrogen and oxygen atoms in total. The van der Waals surface area contributed by atoms with E-state index >= 15 is 0 Å². The van der Waals surface area contributed by atoms with Gasteiger partial charge >= 0.3 is 0 Å². The van der Waals surface area contributed by atoms with Crippen molar-refractivity contribution in [1.82, 2.24) is 0 Å². The van der Waals surface area contributed by atoms with Crippen molar-refractivity contribution in [3.63, 3.8) is 0 Å². The van der Waals surface area contributed by atoms with E-state index in [0.29, 0.717) is 0 Å². The summed E-state index contributed by atoms with van der Waals surface area (Å²) in [5.74, 6) is 0. The van der Waals surface area contributed by atoms with Crippen LogP contribution in [0, 0.1) is 0 Å². The van der Waals surface area contributed by atoms with Gasteiger partial charge in [-0.3, -0.25) is 0 Å². The summed E-state index contributed by atoms with van der Waals surface area (Å²) in [5.41, 5.74) is 12.2. The molecular formula is C56H36N2O2. The van der Waals surface area contributed by atoms with E-state index in [4.69, 9.17) is 8.83 Å². The lowest BCUT2D eigenvalue weighted by atomic mass is 9.96. The van der Waals surface area contributed by atoms with Crippen LogP contribution >= 0.6 is 0 Å². The summed E-state index contributed by atoms with van der Waals surface area (Å²) in [4.78, 5) is 4.69. The Morgan fingerprint density at radius 2 is 0.733 bits per heavy atom. The summed E-state index contributed by atoms with van der Waals surface area (Å²) in [7, 11) is 0. The summed E-state index contributed by atoms with van der Waals surface area (Å²) in [6.07, 6.45) is 0. The number of rotatable bonds is 7. The Kier molecular flexibility index (Phi) is 7.82. The molecule has 0 aliphatic heterocycles. The second-order valence-corrected chi connectivity index (χ2v) is 15.3. The number of anilines is 6. The molecule has 0 fully saturated rings. The molecule has 0 N–H and O–H groups in total. The Morgan fingerprint density at radius 3 is 1.45 bits per heavy atom. The van der Waals surface area contributed by atoms with Gasteiger partial charge in [0.25, 0.3) is 0 Å². The smallest absolute Gasteiger partial charge is 0.143 e. The molecule has 0 radical (unpaired) electrons. The number of hydrogen-bond donors (Lipinski definition) is 0. The van der Waals surface area contributed by atoms with Crippen LogP contribution in [0.2, 0.25) is 0 Å². The fourth-order valence-electron chi connectivity index (χ4n) is 9.06. The van der Waals surface area contributed by atoms with E-state index in [-0.39, 0.29) is 0 Å². The summed E-state index contributed by atoms with van der Waals surface area (Å²) < 4.78 is 12.8. The van der Waals surface area contributed by atoms with Crippen LogP contribution < -0.4 is 9.80 Å². The molecule has 0 saturated carbocycles. The number of benzene rings is 10. The highest BCUT2D eigenvalue weighted by Gasteiger charge is 2.21. The Bertz CT molecular complexity index is 3510. The molecule has 60 heavy (non-hydrogen) atoms. The Labute approximate surface area is 346 Å². The van der Waals surface area contributed by atoms with Crippen LogP contribution in [0.3, 0.4) is 0 Å². The van der Waals surface area contributed by atoms with Gasteiger partial charge in [0, 0.05) is 61.1 Å². The lowest BCUT2D eigenvalue weighted by molar-refractivity contribution is 0.669. The third-order valence-corrected chi connectivity index (χ3v) is 11.8. The zero-order valence-corrected chi connectivity index (χ0v) is 32.5. The number of furan rings is 2. The maximum absolute atomic E-state index is 6.65. The molecule has 0 amide bonds. The van der Waals surface area contributed by atoms with Crippen molar-refractivity contribution in [3.8, 4) is 11.1 Å². The maximum Gasteiger partial charge on any atom is 0.143 e. The Morgan fingerprint density at radius 1 is 0.250 bits per heavy atom. The molecule has 12 aromatic rings. The first-order valence-corrected chi connectivity index (χ1v) is 20.3. The molecule has 4 heteroatoms. The van der Waals surface area contributed by atoms with Gasteiger partial charge in [-0.15, -0.1) is 0 Å². The van der Waals surface area contributed by atoms with Gasteiger partial charge in [-0.1, -0.05) is 127 Å². The summed E-state index contributed by atoms with van der Waals surface area (Å²) in [6.45, 7) is 0. The second kappa shape index (κ2) is 13.8. The van der Waals surface area contributed by atoms with Gasteiger partial charge in [0.2, 0.25) is 0 Å². The fourth-order valence-corrected chi connectivity index (χ4v) is 9.06. The standard InChI is InChI=1S/C56H36N2O2/c1-3-14-39(15-4-1)57(40-16-5-2-6-17-40)42-18-13-19-43(35-42)58(41-29-26-37(27-30-41)38-28-33-54-50(34-38)47-21-9-11-24-52(47)59-54)44-31-32-46-45-20-7-8-22-48(45)56-55(51(46)36-44)49-23-10-12-25-53(49)60-56/h1-36H. The van der Waals surface area contributed by atoms with E-state index in [0.717, 1.165) is 99.9 Å². The SMILES string of the molecule is c1ccc(N(c2ccccc2)c2cccc(N(c3ccc(-c4ccc5oc6ccccc6c5c4)cc3)c3ccc4c5ccccc5c5oc6ccccc6c5c4c3)c2)cc1. The summed E-state index contributed by atoms with van der Waals surface area (Å²) in [6, 6.07) is 77.5. The van der Waals surface area contributed by atoms with Crippen molar-refractivity contribution in [1.29, 1.82) is 0 Å². The molecule has 0 unspecified atom stereocenters. The van der Waals surface area contributed by atoms with Crippen molar-refractivity contribution < 1.29 is 8.83 Å². The highest BCUT2D eigenvalue weighted by molar-refractivity contribution is 6.30. The van der Waals surface area contributed by atoms with Crippen molar-refractivity contribution in [2.75, 3.05) is 9.80 Å². The van der Waals surface area contributed by atoms with Crippen LogP contribution in [0.15, 0.2) is 227 Å². The van der Waals surface area contributed by atoms with Gasteiger partial charge in [-0.2, -0.15) is 0 Å². The van der Waals surface area contributed by atoms with Gasteiger partial charge in [-0.25, -0.2) is 0 Å². The fraction of sp³-hybridized carbons (Fsp3) is 0. The van der Waals surface area contributed by atoms with Gasteiger partial charge in [-0.05, 0) is 118 Å². The van der Waals surface area contributed by atoms with E-state index in [9.17, 15) is 0 Å². The summed E-state index contributed by atoms with van der Waals surface area (Å²) in [5, 5.41) is 9.13. The average Bonchev–Trinajstić information content (AvgIpc) is 3.90. The Hall–Kier alpha value is -8.08. The molecule has 2 aromatic heterocycles.